The third-order valence-corrected chi connectivity index (χ3v) is 3.76. The first-order chi connectivity index (χ1) is 9.69. The molecule has 1 saturated heterocycles. The first kappa shape index (κ1) is 14.7. The smallest absolute Gasteiger partial charge is 0.119 e. The number of likely N-dealkylation sites (tertiary alicyclic amines) is 1. The van der Waals surface area contributed by atoms with E-state index in [2.05, 4.69) is 4.90 Å². The van der Waals surface area contributed by atoms with Crippen LogP contribution in [0.3, 0.4) is 0 Å². The second kappa shape index (κ2) is 7.14. The maximum atomic E-state index is 7.46. The summed E-state index contributed by atoms with van der Waals surface area (Å²) in [5.41, 5.74) is 5.54. The normalized spacial score (nSPS) is 16.9. The van der Waals surface area contributed by atoms with Crippen molar-refractivity contribution < 1.29 is 9.47 Å². The number of nitrogens with one attached hydrogen (secondary N) is 1. The van der Waals surface area contributed by atoms with Crippen molar-refractivity contribution in [2.24, 2.45) is 11.7 Å². The largest absolute Gasteiger partial charge is 0.497 e. The molecular formula is C15H23N3O2. The van der Waals surface area contributed by atoms with Gasteiger partial charge in [-0.3, -0.25) is 10.3 Å². The van der Waals surface area contributed by atoms with Crippen LogP contribution in [0.15, 0.2) is 24.3 Å². The highest BCUT2D eigenvalue weighted by molar-refractivity contribution is 5.79. The fourth-order valence-electron chi connectivity index (χ4n) is 2.43. The summed E-state index contributed by atoms with van der Waals surface area (Å²) in [6.45, 7) is 3.58. The Balaban J connectivity index is 1.67. The molecule has 20 heavy (non-hydrogen) atoms. The monoisotopic (exact) mass is 277 g/mol. The Morgan fingerprint density at radius 2 is 1.85 bits per heavy atom. The minimum Gasteiger partial charge on any atom is -0.497 e. The molecule has 0 saturated carbocycles. The molecule has 0 radical (unpaired) electrons. The molecule has 0 atom stereocenters. The molecule has 110 valence electrons. The van der Waals surface area contributed by atoms with Crippen LogP contribution < -0.4 is 15.2 Å². The van der Waals surface area contributed by atoms with Crippen molar-refractivity contribution >= 4 is 5.84 Å². The molecule has 0 spiro atoms. The summed E-state index contributed by atoms with van der Waals surface area (Å²) >= 11 is 0. The average Bonchev–Trinajstić information content (AvgIpc) is 2.48. The number of amidine groups is 1. The van der Waals surface area contributed by atoms with E-state index in [0.717, 1.165) is 44.0 Å². The summed E-state index contributed by atoms with van der Waals surface area (Å²) in [6, 6.07) is 7.63. The van der Waals surface area contributed by atoms with Crippen LogP contribution >= 0.6 is 0 Å². The number of hydrogen-bond donors (Lipinski definition) is 2. The minimum absolute atomic E-state index is 0.272. The van der Waals surface area contributed by atoms with Gasteiger partial charge in [0.1, 0.15) is 18.1 Å². The molecule has 2 rings (SSSR count). The number of rotatable bonds is 6. The van der Waals surface area contributed by atoms with Gasteiger partial charge in [0.25, 0.3) is 0 Å². The zero-order chi connectivity index (χ0) is 14.4. The highest BCUT2D eigenvalue weighted by Gasteiger charge is 2.20. The molecule has 1 fully saturated rings. The van der Waals surface area contributed by atoms with E-state index in [4.69, 9.17) is 20.6 Å². The van der Waals surface area contributed by atoms with Gasteiger partial charge in [-0.05, 0) is 50.2 Å². The molecule has 0 aromatic heterocycles. The summed E-state index contributed by atoms with van der Waals surface area (Å²) < 4.78 is 10.8. The van der Waals surface area contributed by atoms with Gasteiger partial charge >= 0.3 is 0 Å². The lowest BCUT2D eigenvalue weighted by molar-refractivity contribution is 0.171. The van der Waals surface area contributed by atoms with E-state index in [1.165, 1.54) is 0 Å². The number of benzene rings is 1. The topological polar surface area (TPSA) is 71.6 Å². The van der Waals surface area contributed by atoms with Gasteiger partial charge in [-0.2, -0.15) is 0 Å². The van der Waals surface area contributed by atoms with Gasteiger partial charge in [-0.1, -0.05) is 0 Å². The molecule has 1 aromatic rings. The molecule has 0 bridgehead atoms. The quantitative estimate of drug-likeness (QED) is 0.613. The maximum Gasteiger partial charge on any atom is 0.119 e. The van der Waals surface area contributed by atoms with Crippen molar-refractivity contribution in [1.82, 2.24) is 4.90 Å². The van der Waals surface area contributed by atoms with Crippen LogP contribution in [0.2, 0.25) is 0 Å². The maximum absolute atomic E-state index is 7.46. The number of methoxy groups -OCH3 is 1. The van der Waals surface area contributed by atoms with E-state index in [1.54, 1.807) is 7.11 Å². The second-order valence-electron chi connectivity index (χ2n) is 5.10. The molecule has 3 N–H and O–H groups in total. The molecule has 1 heterocycles. The molecule has 1 aromatic carbocycles. The van der Waals surface area contributed by atoms with Crippen LogP contribution in [-0.2, 0) is 0 Å². The van der Waals surface area contributed by atoms with Crippen molar-refractivity contribution in [2.75, 3.05) is 33.4 Å². The fraction of sp³-hybridized carbons (Fsp3) is 0.533. The zero-order valence-electron chi connectivity index (χ0n) is 12.0. The van der Waals surface area contributed by atoms with Crippen molar-refractivity contribution in [3.63, 3.8) is 0 Å². The fourth-order valence-corrected chi connectivity index (χ4v) is 2.43. The lowest BCUT2D eigenvalue weighted by atomic mass is 9.96. The van der Waals surface area contributed by atoms with E-state index in [9.17, 15) is 0 Å². The third kappa shape index (κ3) is 4.13. The standard InChI is InChI=1S/C15H23N3O2/c1-19-13-2-4-14(5-3-13)20-11-10-18-8-6-12(7-9-18)15(16)17/h2-5,12H,6-11H2,1H3,(H3,16,17). The molecule has 5 heteroatoms. The van der Waals surface area contributed by atoms with E-state index in [0.29, 0.717) is 12.4 Å². The molecule has 1 aliphatic rings. The summed E-state index contributed by atoms with van der Waals surface area (Å²) in [6.07, 6.45) is 1.97. The van der Waals surface area contributed by atoms with Crippen LogP contribution in [0, 0.1) is 11.3 Å². The predicted octanol–water partition coefficient (Wildman–Crippen LogP) is 1.72. The van der Waals surface area contributed by atoms with Gasteiger partial charge in [0.05, 0.1) is 12.9 Å². The first-order valence-electron chi connectivity index (χ1n) is 7.02. The third-order valence-electron chi connectivity index (χ3n) is 3.76. The molecular weight excluding hydrogens is 254 g/mol. The van der Waals surface area contributed by atoms with Crippen LogP contribution in [-0.4, -0.2) is 44.1 Å². The Morgan fingerprint density at radius 3 is 2.40 bits per heavy atom. The minimum atomic E-state index is 0.272. The Hall–Kier alpha value is -1.75. The first-order valence-corrected chi connectivity index (χ1v) is 7.02. The SMILES string of the molecule is COc1ccc(OCCN2CCC(C(=N)N)CC2)cc1. The Morgan fingerprint density at radius 1 is 1.25 bits per heavy atom. The lowest BCUT2D eigenvalue weighted by Gasteiger charge is -2.31. The van der Waals surface area contributed by atoms with Crippen molar-refractivity contribution in [1.29, 1.82) is 5.41 Å². The van der Waals surface area contributed by atoms with Gasteiger partial charge in [-0.15, -0.1) is 0 Å². The highest BCUT2D eigenvalue weighted by atomic mass is 16.5. The summed E-state index contributed by atoms with van der Waals surface area (Å²) in [5, 5.41) is 7.46. The van der Waals surface area contributed by atoms with E-state index >= 15 is 0 Å². The lowest BCUT2D eigenvalue weighted by Crippen LogP contribution is -2.40. The molecule has 0 amide bonds. The van der Waals surface area contributed by atoms with Gasteiger partial charge in [0.15, 0.2) is 0 Å². The number of nitrogens with zero attached hydrogens (tertiary/aromatic N) is 1. The van der Waals surface area contributed by atoms with Crippen LogP contribution in [0.4, 0.5) is 0 Å². The summed E-state index contributed by atoms with van der Waals surface area (Å²) in [5.74, 6) is 2.31. The van der Waals surface area contributed by atoms with Crippen LogP contribution in [0.5, 0.6) is 11.5 Å². The number of ether oxygens (including phenoxy) is 2. The average molecular weight is 277 g/mol. The van der Waals surface area contributed by atoms with Crippen molar-refractivity contribution in [3.8, 4) is 11.5 Å². The van der Waals surface area contributed by atoms with Gasteiger partial charge in [0.2, 0.25) is 0 Å². The number of piperidine rings is 1. The van der Waals surface area contributed by atoms with E-state index < -0.39 is 0 Å². The summed E-state index contributed by atoms with van der Waals surface area (Å²) in [7, 11) is 1.65. The zero-order valence-corrected chi connectivity index (χ0v) is 12.0. The van der Waals surface area contributed by atoms with Crippen molar-refractivity contribution in [3.05, 3.63) is 24.3 Å². The Labute approximate surface area is 120 Å². The number of nitrogens with two attached hydrogens (primary N) is 1. The molecule has 0 unspecified atom stereocenters. The highest BCUT2D eigenvalue weighted by Crippen LogP contribution is 2.18. The molecule has 5 nitrogen and oxygen atoms in total. The second-order valence-corrected chi connectivity index (χ2v) is 5.10. The summed E-state index contributed by atoms with van der Waals surface area (Å²) in [4.78, 5) is 2.36. The van der Waals surface area contributed by atoms with E-state index in [-0.39, 0.29) is 5.92 Å². The van der Waals surface area contributed by atoms with Gasteiger partial charge in [0, 0.05) is 12.5 Å². The van der Waals surface area contributed by atoms with Gasteiger partial charge in [-0.25, -0.2) is 0 Å². The predicted molar refractivity (Wildman–Crippen MR) is 79.6 cm³/mol. The van der Waals surface area contributed by atoms with E-state index in [1.807, 2.05) is 24.3 Å². The molecule has 0 aliphatic carbocycles. The Bertz CT molecular complexity index is 425. The Kier molecular flexibility index (Phi) is 5.24. The van der Waals surface area contributed by atoms with Crippen LogP contribution in [0.1, 0.15) is 12.8 Å². The molecule has 1 aliphatic heterocycles. The number of hydrogen-bond acceptors (Lipinski definition) is 4. The van der Waals surface area contributed by atoms with Crippen LogP contribution in [0.25, 0.3) is 0 Å². The van der Waals surface area contributed by atoms with Crippen molar-refractivity contribution in [2.45, 2.75) is 12.8 Å². The van der Waals surface area contributed by atoms with Gasteiger partial charge < -0.3 is 15.2 Å².